The normalized spacial score (nSPS) is 36.5. The van der Waals surface area contributed by atoms with E-state index in [1.54, 1.807) is 29.2 Å². The van der Waals surface area contributed by atoms with Crippen LogP contribution in [0.25, 0.3) is 0 Å². The number of hydrogen-bond acceptors (Lipinski definition) is 12. The topological polar surface area (TPSA) is 221 Å². The lowest BCUT2D eigenvalue weighted by molar-refractivity contribution is -0.267. The van der Waals surface area contributed by atoms with Gasteiger partial charge in [0.25, 0.3) is 0 Å². The zero-order valence-electron chi connectivity index (χ0n) is 49.3. The van der Waals surface area contributed by atoms with Gasteiger partial charge in [-0.25, -0.2) is 0 Å². The summed E-state index contributed by atoms with van der Waals surface area (Å²) >= 11 is 0. The van der Waals surface area contributed by atoms with E-state index >= 15 is 0 Å². The highest BCUT2D eigenvalue weighted by Gasteiger charge is 2.57. The third kappa shape index (κ3) is 16.3. The van der Waals surface area contributed by atoms with Crippen molar-refractivity contribution < 1.29 is 58.6 Å². The van der Waals surface area contributed by atoms with Gasteiger partial charge in [-0.2, -0.15) is 0 Å². The maximum absolute atomic E-state index is 14.7. The number of hydrogen-bond donors (Lipinski definition) is 6. The summed E-state index contributed by atoms with van der Waals surface area (Å²) in [4.78, 5) is 72.6. The molecule has 3 amide bonds. The fourth-order valence-electron chi connectivity index (χ4n) is 12.9. The molecule has 2 bridgehead atoms. The van der Waals surface area contributed by atoms with E-state index in [1.807, 2.05) is 112 Å². The van der Waals surface area contributed by atoms with Crippen LogP contribution in [0.1, 0.15) is 159 Å². The van der Waals surface area contributed by atoms with Gasteiger partial charge in [0, 0.05) is 67.9 Å². The summed E-state index contributed by atoms with van der Waals surface area (Å²) in [6, 6.07) is 5.73. The van der Waals surface area contributed by atoms with Crippen molar-refractivity contribution in [3.05, 3.63) is 77.9 Å². The molecule has 4 saturated heterocycles. The Morgan fingerprint density at radius 2 is 1.66 bits per heavy atom. The molecule has 0 aromatic heterocycles. The van der Waals surface area contributed by atoms with Crippen molar-refractivity contribution in [1.29, 1.82) is 0 Å². The summed E-state index contributed by atoms with van der Waals surface area (Å²) < 4.78 is 19.7. The molecule has 6 N–H and O–H groups in total. The Balaban J connectivity index is 1.18. The largest absolute Gasteiger partial charge is 0.508 e. The molecule has 5 aliphatic rings. The lowest BCUT2D eigenvalue weighted by atomic mass is 9.69. The van der Waals surface area contributed by atoms with Crippen molar-refractivity contribution in [2.45, 2.75) is 214 Å². The predicted molar refractivity (Wildman–Crippen MR) is 305 cm³/mol. The van der Waals surface area contributed by atoms with Crippen LogP contribution >= 0.6 is 0 Å². The molecule has 15 nitrogen and oxygen atoms in total. The predicted octanol–water partition coefficient (Wildman–Crippen LogP) is 8.86. The van der Waals surface area contributed by atoms with Crippen LogP contribution in [0.2, 0.25) is 0 Å². The maximum atomic E-state index is 14.7. The van der Waals surface area contributed by atoms with Crippen LogP contribution < -0.4 is 10.6 Å². The standard InChI is InChI=1S/C64H97N3O12/c1-12-46-32-41(6)64(66-59(46)73)44(9)57(72)43(8)55(78-64)36-52(70)39(4)22-16-15-17-23-40(5)54-28-19-14-13-18-27-51(69)42(7)58-50(29-30-63(10,11)79-58)60(74)65-56(38(2)3)53(71)35-48(33-45-24-20-26-49(68)34-45)61(75)67-31-21-25-47(37-67)62(76)77-54/h13-15,17-20,23-24,26,34,38-39,41-44,46-48,50-52,54-58,68-70,72H,12,16,21-22,25,27-33,35-37H2,1-11H3,(H,65,74)(H,66,73)/b17-15+,18-13+,19-14+,40-23+/t39-,41-,42-,43-,44-,46-,47?,48+,50+,51-,52-,54-,55-,56-,57-,58+,64+/m0/s1. The van der Waals surface area contributed by atoms with Crippen molar-refractivity contribution in [1.82, 2.24) is 15.5 Å². The number of esters is 1. The Bertz CT molecular complexity index is 2360. The molecule has 15 heteroatoms. The number of nitrogens with zero attached hydrogens (tertiary/aromatic N) is 1. The molecule has 1 unspecified atom stereocenters. The Hall–Kier alpha value is -4.67. The van der Waals surface area contributed by atoms with Crippen molar-refractivity contribution >= 4 is 29.5 Å². The number of aliphatic hydroxyl groups excluding tert-OH is 3. The Morgan fingerprint density at radius 3 is 2.35 bits per heavy atom. The number of ketones is 1. The van der Waals surface area contributed by atoms with Gasteiger partial charge in [0.2, 0.25) is 17.7 Å². The monoisotopic (exact) mass is 1100 g/mol. The molecular weight excluding hydrogens is 1000 g/mol. The molecule has 6 rings (SSSR count). The maximum Gasteiger partial charge on any atom is 0.311 e. The van der Waals surface area contributed by atoms with Crippen LogP contribution in [-0.2, 0) is 44.6 Å². The van der Waals surface area contributed by atoms with Crippen molar-refractivity contribution in [2.24, 2.45) is 59.2 Å². The number of phenols is 1. The molecule has 1 aromatic carbocycles. The second-order valence-electron chi connectivity index (χ2n) is 25.3. The summed E-state index contributed by atoms with van der Waals surface area (Å²) in [6.07, 6.45) is 15.4. The minimum absolute atomic E-state index is 0.00645. The summed E-state index contributed by atoms with van der Waals surface area (Å²) in [6.45, 7) is 22.0. The highest BCUT2D eigenvalue weighted by atomic mass is 16.5. The first-order valence-corrected chi connectivity index (χ1v) is 29.8. The molecule has 440 valence electrons. The van der Waals surface area contributed by atoms with Crippen molar-refractivity contribution in [3.8, 4) is 5.75 Å². The number of nitrogens with one attached hydrogen (secondary N) is 2. The fourth-order valence-corrected chi connectivity index (χ4v) is 12.9. The van der Waals surface area contributed by atoms with E-state index in [9.17, 15) is 44.4 Å². The zero-order chi connectivity index (χ0) is 57.9. The average Bonchev–Trinajstić information content (AvgIpc) is 3.56. The molecule has 0 aliphatic carbocycles. The van der Waals surface area contributed by atoms with E-state index in [4.69, 9.17) is 14.2 Å². The van der Waals surface area contributed by atoms with Crippen molar-refractivity contribution in [2.75, 3.05) is 13.1 Å². The Labute approximate surface area is 471 Å². The minimum atomic E-state index is -0.995. The van der Waals surface area contributed by atoms with Gasteiger partial charge in [-0.05, 0) is 120 Å². The number of phenolic OH excluding ortho intramolecular Hbond substituents is 1. The number of piperidine rings is 2. The molecule has 4 fully saturated rings. The smallest absolute Gasteiger partial charge is 0.311 e. The minimum Gasteiger partial charge on any atom is -0.508 e. The van der Waals surface area contributed by atoms with Crippen LogP contribution in [0.15, 0.2) is 72.4 Å². The highest BCUT2D eigenvalue weighted by Crippen LogP contribution is 2.46. The van der Waals surface area contributed by atoms with Crippen LogP contribution in [0, 0.1) is 59.2 Å². The molecule has 5 heterocycles. The van der Waals surface area contributed by atoms with Gasteiger partial charge < -0.3 is 50.2 Å². The van der Waals surface area contributed by atoms with Crippen molar-refractivity contribution in [3.63, 3.8) is 0 Å². The molecular formula is C64H97N3O12. The zero-order valence-corrected chi connectivity index (χ0v) is 49.3. The number of carbonyl (C=O) groups excluding carboxylic acids is 5. The van der Waals surface area contributed by atoms with Gasteiger partial charge in [-0.15, -0.1) is 0 Å². The molecule has 0 saturated carbocycles. The second kappa shape index (κ2) is 28.3. The van der Waals surface area contributed by atoms with Gasteiger partial charge >= 0.3 is 5.97 Å². The van der Waals surface area contributed by atoms with Gasteiger partial charge in [-0.3, -0.25) is 24.0 Å². The SMILES string of the molecule is CC[C@H]1C[C@H](C)[C@@]2(NC1=O)O[C@@H](C[C@H](O)[C@@H](C)CC/C=C/C=C(\C)[C@@H]1C/C=C/C=C/C[C@H](O)[C@H](C)[C@H]3OC(C)(C)CC[C@H]3C(=O)N[C@@H](C(C)C)C(=O)C[C@@H](Cc3cccc(O)c3)C(=O)N3CCCC(C3)C(=O)O1)[C@H](C)[C@H](O)[C@@H]2C. The Kier molecular flexibility index (Phi) is 22.8. The van der Waals surface area contributed by atoms with E-state index in [0.29, 0.717) is 76.3 Å². The van der Waals surface area contributed by atoms with E-state index in [0.717, 1.165) is 12.0 Å². The number of allylic oxidation sites excluding steroid dienone is 5. The average molecular weight is 1100 g/mol. The molecule has 1 spiro atoms. The number of fused-ring (bicyclic) bond motifs is 3. The number of benzene rings is 1. The number of amides is 3. The summed E-state index contributed by atoms with van der Waals surface area (Å²) in [5, 5.41) is 51.1. The first kappa shape index (κ1) is 63.5. The van der Waals surface area contributed by atoms with Gasteiger partial charge in [-0.1, -0.05) is 110 Å². The van der Waals surface area contributed by atoms with Gasteiger partial charge in [0.05, 0.1) is 54.0 Å². The van der Waals surface area contributed by atoms with Gasteiger partial charge in [0.15, 0.2) is 5.78 Å². The number of Topliss-reactive ketones (excluding diaryl/α,β-unsaturated/α-hetero) is 1. The van der Waals surface area contributed by atoms with Crippen LogP contribution in [0.3, 0.4) is 0 Å². The molecule has 17 atom stereocenters. The number of rotatable bonds is 12. The summed E-state index contributed by atoms with van der Waals surface area (Å²) in [7, 11) is 0. The van der Waals surface area contributed by atoms with E-state index in [1.165, 1.54) is 0 Å². The van der Waals surface area contributed by atoms with E-state index in [2.05, 4.69) is 17.6 Å². The fraction of sp³-hybridized carbons (Fsp3) is 0.703. The Morgan fingerprint density at radius 1 is 0.937 bits per heavy atom. The summed E-state index contributed by atoms with van der Waals surface area (Å²) in [5.74, 6) is -4.90. The van der Waals surface area contributed by atoms with Gasteiger partial charge in [0.1, 0.15) is 17.6 Å². The lowest BCUT2D eigenvalue weighted by Crippen LogP contribution is -2.71. The van der Waals surface area contributed by atoms with Crippen LogP contribution in [0.5, 0.6) is 5.75 Å². The number of carbonyl (C=O) groups is 5. The third-order valence-corrected chi connectivity index (χ3v) is 18.4. The molecule has 0 radical (unpaired) electrons. The lowest BCUT2D eigenvalue weighted by Gasteiger charge is -2.56. The van der Waals surface area contributed by atoms with E-state index < -0.39 is 83.6 Å². The molecule has 79 heavy (non-hydrogen) atoms. The number of aromatic hydroxyl groups is 1. The van der Waals surface area contributed by atoms with Crippen LogP contribution in [0.4, 0.5) is 0 Å². The first-order chi connectivity index (χ1) is 37.4. The van der Waals surface area contributed by atoms with Crippen LogP contribution in [-0.4, -0.2) is 122 Å². The molecule has 5 aliphatic heterocycles. The molecule has 1 aromatic rings. The second-order valence-corrected chi connectivity index (χ2v) is 25.3. The highest BCUT2D eigenvalue weighted by molar-refractivity contribution is 5.93. The summed E-state index contributed by atoms with van der Waals surface area (Å²) in [5.41, 5.74) is -0.0427. The van der Waals surface area contributed by atoms with E-state index in [-0.39, 0.29) is 84.1 Å². The number of ether oxygens (including phenoxy) is 3. The third-order valence-electron chi connectivity index (χ3n) is 18.4. The number of cyclic esters (lactones) is 1. The first-order valence-electron chi connectivity index (χ1n) is 29.8. The quantitative estimate of drug-likeness (QED) is 0.0854. The number of aliphatic hydroxyl groups is 3.